The molecule has 1 amide bonds. The number of oxazole rings is 1. The van der Waals surface area contributed by atoms with Crippen molar-refractivity contribution in [3.05, 3.63) is 125 Å². The van der Waals surface area contributed by atoms with Crippen molar-refractivity contribution in [1.82, 2.24) is 15.2 Å². The van der Waals surface area contributed by atoms with Gasteiger partial charge in [0.1, 0.15) is 12.1 Å². The average molecular weight is 458 g/mol. The lowest BCUT2D eigenvalue weighted by atomic mass is 10.1. The molecule has 0 saturated carbocycles. The standard InChI is InChI=1S/C28H28FN3O2/c1-20(23-11-5-3-6-12-23)30-28(33)26-19-34-27(31-26)18-32(17-22-10-9-15-25(29)16-22)21(2)24-13-7-4-8-14-24/h3-16,19-21H,17-18H2,1-2H3,(H,30,33). The molecule has 0 aliphatic carbocycles. The zero-order valence-electron chi connectivity index (χ0n) is 19.3. The van der Waals surface area contributed by atoms with Gasteiger partial charge in [0.2, 0.25) is 5.89 Å². The summed E-state index contributed by atoms with van der Waals surface area (Å²) < 4.78 is 19.5. The second-order valence-corrected chi connectivity index (χ2v) is 8.35. The highest BCUT2D eigenvalue weighted by Gasteiger charge is 2.21. The number of nitrogens with zero attached hydrogens (tertiary/aromatic N) is 2. The van der Waals surface area contributed by atoms with E-state index in [-0.39, 0.29) is 29.5 Å². The van der Waals surface area contributed by atoms with Crippen LogP contribution in [-0.4, -0.2) is 15.8 Å². The van der Waals surface area contributed by atoms with E-state index in [1.807, 2.05) is 61.5 Å². The van der Waals surface area contributed by atoms with Crippen molar-refractivity contribution in [3.8, 4) is 0 Å². The van der Waals surface area contributed by atoms with Crippen molar-refractivity contribution < 1.29 is 13.6 Å². The zero-order valence-corrected chi connectivity index (χ0v) is 19.3. The quantitative estimate of drug-likeness (QED) is 0.332. The molecular formula is C28H28FN3O2. The molecular weight excluding hydrogens is 429 g/mol. The first-order chi connectivity index (χ1) is 16.5. The van der Waals surface area contributed by atoms with Gasteiger partial charge in [-0.1, -0.05) is 72.8 Å². The summed E-state index contributed by atoms with van der Waals surface area (Å²) in [4.78, 5) is 19.3. The van der Waals surface area contributed by atoms with Gasteiger partial charge in [0.25, 0.3) is 5.91 Å². The lowest BCUT2D eigenvalue weighted by Gasteiger charge is -2.28. The van der Waals surface area contributed by atoms with Crippen LogP contribution in [0.1, 0.15) is 59.0 Å². The van der Waals surface area contributed by atoms with Crippen molar-refractivity contribution in [3.63, 3.8) is 0 Å². The topological polar surface area (TPSA) is 58.4 Å². The van der Waals surface area contributed by atoms with Crippen molar-refractivity contribution in [1.29, 1.82) is 0 Å². The summed E-state index contributed by atoms with van der Waals surface area (Å²) in [6.07, 6.45) is 1.38. The van der Waals surface area contributed by atoms with Gasteiger partial charge in [-0.3, -0.25) is 9.69 Å². The summed E-state index contributed by atoms with van der Waals surface area (Å²) in [6.45, 7) is 4.89. The van der Waals surface area contributed by atoms with Crippen LogP contribution in [0.2, 0.25) is 0 Å². The number of amides is 1. The molecule has 2 unspecified atom stereocenters. The van der Waals surface area contributed by atoms with Gasteiger partial charge in [-0.2, -0.15) is 0 Å². The van der Waals surface area contributed by atoms with E-state index in [1.165, 1.54) is 18.4 Å². The van der Waals surface area contributed by atoms with Gasteiger partial charge in [0, 0.05) is 12.6 Å². The predicted molar refractivity (Wildman–Crippen MR) is 129 cm³/mol. The summed E-state index contributed by atoms with van der Waals surface area (Å²) in [6, 6.07) is 26.3. The molecule has 34 heavy (non-hydrogen) atoms. The van der Waals surface area contributed by atoms with E-state index in [0.717, 1.165) is 16.7 Å². The van der Waals surface area contributed by atoms with Crippen molar-refractivity contribution in [2.75, 3.05) is 0 Å². The first kappa shape index (κ1) is 23.4. The highest BCUT2D eigenvalue weighted by molar-refractivity contribution is 5.92. The lowest BCUT2D eigenvalue weighted by molar-refractivity contribution is 0.0934. The maximum Gasteiger partial charge on any atom is 0.273 e. The average Bonchev–Trinajstić information content (AvgIpc) is 3.33. The molecule has 0 bridgehead atoms. The summed E-state index contributed by atoms with van der Waals surface area (Å²) in [5.41, 5.74) is 3.22. The van der Waals surface area contributed by atoms with E-state index >= 15 is 0 Å². The third-order valence-corrected chi connectivity index (χ3v) is 5.87. The van der Waals surface area contributed by atoms with E-state index in [4.69, 9.17) is 4.42 Å². The molecule has 4 aromatic rings. The van der Waals surface area contributed by atoms with Crippen LogP contribution in [0.5, 0.6) is 0 Å². The molecule has 2 atom stereocenters. The molecule has 1 N–H and O–H groups in total. The van der Waals surface area contributed by atoms with Crippen molar-refractivity contribution in [2.45, 2.75) is 39.0 Å². The smallest absolute Gasteiger partial charge is 0.273 e. The number of aromatic nitrogens is 1. The molecule has 0 fully saturated rings. The van der Waals surface area contributed by atoms with Crippen molar-refractivity contribution >= 4 is 5.91 Å². The van der Waals surface area contributed by atoms with Crippen LogP contribution in [-0.2, 0) is 13.1 Å². The number of carbonyl (C=O) groups is 1. The van der Waals surface area contributed by atoms with Gasteiger partial charge in [0.05, 0.1) is 12.6 Å². The highest BCUT2D eigenvalue weighted by atomic mass is 19.1. The Morgan fingerprint density at radius 1 is 0.941 bits per heavy atom. The monoisotopic (exact) mass is 457 g/mol. The van der Waals surface area contributed by atoms with E-state index in [2.05, 4.69) is 34.3 Å². The van der Waals surface area contributed by atoms with Crippen LogP contribution < -0.4 is 5.32 Å². The fourth-order valence-electron chi connectivity index (χ4n) is 3.90. The Hall–Kier alpha value is -3.77. The van der Waals surface area contributed by atoms with Gasteiger partial charge < -0.3 is 9.73 Å². The Labute approximate surface area is 199 Å². The van der Waals surface area contributed by atoms with Crippen LogP contribution in [0, 0.1) is 5.82 Å². The molecule has 5 nitrogen and oxygen atoms in total. The largest absolute Gasteiger partial charge is 0.447 e. The molecule has 0 spiro atoms. The Balaban J connectivity index is 1.49. The summed E-state index contributed by atoms with van der Waals surface area (Å²) >= 11 is 0. The summed E-state index contributed by atoms with van der Waals surface area (Å²) in [5.74, 6) is -0.136. The molecule has 0 aliphatic heterocycles. The van der Waals surface area contributed by atoms with Gasteiger partial charge in [-0.15, -0.1) is 0 Å². The van der Waals surface area contributed by atoms with E-state index in [1.54, 1.807) is 6.07 Å². The van der Waals surface area contributed by atoms with Crippen LogP contribution in [0.25, 0.3) is 0 Å². The number of halogens is 1. The highest BCUT2D eigenvalue weighted by Crippen LogP contribution is 2.25. The maximum absolute atomic E-state index is 13.8. The van der Waals surface area contributed by atoms with E-state index in [9.17, 15) is 9.18 Å². The van der Waals surface area contributed by atoms with Crippen molar-refractivity contribution in [2.24, 2.45) is 0 Å². The summed E-state index contributed by atoms with van der Waals surface area (Å²) in [7, 11) is 0. The summed E-state index contributed by atoms with van der Waals surface area (Å²) in [5, 5.41) is 2.96. The van der Waals surface area contributed by atoms with Gasteiger partial charge in [-0.05, 0) is 42.7 Å². The molecule has 0 saturated heterocycles. The number of hydrogen-bond donors (Lipinski definition) is 1. The van der Waals surface area contributed by atoms with E-state index in [0.29, 0.717) is 19.0 Å². The molecule has 4 rings (SSSR count). The van der Waals surface area contributed by atoms with Crippen LogP contribution in [0.4, 0.5) is 4.39 Å². The number of nitrogens with one attached hydrogen (secondary N) is 1. The SMILES string of the molecule is CC(NC(=O)c1coc(CN(Cc2cccc(F)c2)C(C)c2ccccc2)n1)c1ccccc1. The molecule has 0 aliphatic rings. The van der Waals surface area contributed by atoms with Gasteiger partial charge >= 0.3 is 0 Å². The number of hydrogen-bond acceptors (Lipinski definition) is 4. The third-order valence-electron chi connectivity index (χ3n) is 5.87. The normalized spacial score (nSPS) is 12.9. The molecule has 0 radical (unpaired) electrons. The van der Waals surface area contributed by atoms with Gasteiger partial charge in [0.15, 0.2) is 5.69 Å². The Morgan fingerprint density at radius 3 is 2.29 bits per heavy atom. The molecule has 1 aromatic heterocycles. The minimum atomic E-state index is -0.292. The molecule has 174 valence electrons. The Morgan fingerprint density at radius 2 is 1.62 bits per heavy atom. The zero-order chi connectivity index (χ0) is 23.9. The fourth-order valence-corrected chi connectivity index (χ4v) is 3.90. The predicted octanol–water partition coefficient (Wildman–Crippen LogP) is 6.07. The van der Waals surface area contributed by atoms with Crippen LogP contribution >= 0.6 is 0 Å². The third kappa shape index (κ3) is 5.97. The lowest BCUT2D eigenvalue weighted by Crippen LogP contribution is -2.28. The van der Waals surface area contributed by atoms with Gasteiger partial charge in [-0.25, -0.2) is 9.37 Å². The number of rotatable bonds is 9. The van der Waals surface area contributed by atoms with E-state index < -0.39 is 0 Å². The minimum absolute atomic E-state index is 0.0201. The first-order valence-corrected chi connectivity index (χ1v) is 11.3. The Kier molecular flexibility index (Phi) is 7.50. The molecule has 3 aromatic carbocycles. The Bertz CT molecular complexity index is 1210. The van der Waals surface area contributed by atoms with Crippen LogP contribution in [0.15, 0.2) is 95.6 Å². The second kappa shape index (κ2) is 10.9. The minimum Gasteiger partial charge on any atom is -0.447 e. The maximum atomic E-state index is 13.8. The first-order valence-electron chi connectivity index (χ1n) is 11.3. The number of carbonyl (C=O) groups excluding carboxylic acids is 1. The molecule has 6 heteroatoms. The van der Waals surface area contributed by atoms with Crippen LogP contribution in [0.3, 0.4) is 0 Å². The number of benzene rings is 3. The fraction of sp³-hybridized carbons (Fsp3) is 0.214. The second-order valence-electron chi connectivity index (χ2n) is 8.35. The molecule has 1 heterocycles.